The van der Waals surface area contributed by atoms with Crippen LogP contribution in [0.2, 0.25) is 5.02 Å². The van der Waals surface area contributed by atoms with Crippen molar-refractivity contribution >= 4 is 34.8 Å². The van der Waals surface area contributed by atoms with E-state index >= 15 is 0 Å². The summed E-state index contributed by atoms with van der Waals surface area (Å²) in [7, 11) is 0. The van der Waals surface area contributed by atoms with Gasteiger partial charge in [0.1, 0.15) is 0 Å². The minimum atomic E-state index is -4.61. The van der Waals surface area contributed by atoms with Crippen LogP contribution in [0.3, 0.4) is 0 Å². The van der Waals surface area contributed by atoms with Gasteiger partial charge in [0.15, 0.2) is 0 Å². The Kier molecular flexibility index (Phi) is 3.47. The molecule has 0 saturated carbocycles. The van der Waals surface area contributed by atoms with Crippen molar-refractivity contribution in [3.05, 3.63) is 28.8 Å². The van der Waals surface area contributed by atoms with Gasteiger partial charge in [0, 0.05) is 13.0 Å². The normalized spacial score (nSPS) is 20.6. The highest BCUT2D eigenvalue weighted by Gasteiger charge is 2.40. The average molecular weight is 298 g/mol. The van der Waals surface area contributed by atoms with Gasteiger partial charge in [-0.2, -0.15) is 13.2 Å². The smallest absolute Gasteiger partial charge is 0.310 e. The Labute approximate surface area is 111 Å². The Morgan fingerprint density at radius 2 is 2.00 bits per heavy atom. The number of rotatable bonds is 1. The lowest BCUT2D eigenvalue weighted by molar-refractivity contribution is -0.137. The molecular formula is C11H8Cl2F3NO. The molecule has 0 aromatic heterocycles. The fraction of sp³-hybridized carbons (Fsp3) is 0.364. The van der Waals surface area contributed by atoms with Crippen molar-refractivity contribution in [2.24, 2.45) is 0 Å². The average Bonchev–Trinajstić information content (AvgIpc) is 2.55. The van der Waals surface area contributed by atoms with Crippen molar-refractivity contribution in [3.8, 4) is 0 Å². The number of carbonyl (C=O) groups is 1. The number of anilines is 1. The van der Waals surface area contributed by atoms with Crippen LogP contribution >= 0.6 is 23.2 Å². The lowest BCUT2D eigenvalue weighted by Gasteiger charge is -2.22. The first-order chi connectivity index (χ1) is 8.30. The van der Waals surface area contributed by atoms with Crippen molar-refractivity contribution in [1.29, 1.82) is 0 Å². The monoisotopic (exact) mass is 297 g/mol. The molecule has 1 atom stereocenters. The van der Waals surface area contributed by atoms with Gasteiger partial charge >= 0.3 is 6.18 Å². The minimum Gasteiger partial charge on any atom is -0.310 e. The molecule has 1 aliphatic rings. The van der Waals surface area contributed by atoms with Crippen LogP contribution in [0, 0.1) is 0 Å². The fourth-order valence-corrected chi connectivity index (χ4v) is 2.46. The van der Waals surface area contributed by atoms with Crippen molar-refractivity contribution < 1.29 is 18.0 Å². The molecule has 1 amide bonds. The van der Waals surface area contributed by atoms with Crippen LogP contribution in [0.5, 0.6) is 0 Å². The number of benzene rings is 1. The quantitative estimate of drug-likeness (QED) is 0.724. The van der Waals surface area contributed by atoms with Crippen LogP contribution in [0.15, 0.2) is 18.2 Å². The highest BCUT2D eigenvalue weighted by atomic mass is 35.5. The highest BCUT2D eigenvalue weighted by molar-refractivity contribution is 6.32. The number of alkyl halides is 4. The van der Waals surface area contributed by atoms with Gasteiger partial charge < -0.3 is 4.90 Å². The third-order valence-corrected chi connectivity index (χ3v) is 3.25. The highest BCUT2D eigenvalue weighted by Crippen LogP contribution is 2.42. The van der Waals surface area contributed by atoms with Gasteiger partial charge in [0.2, 0.25) is 5.91 Å². The molecule has 1 unspecified atom stereocenters. The van der Waals surface area contributed by atoms with Gasteiger partial charge in [0.25, 0.3) is 0 Å². The van der Waals surface area contributed by atoms with E-state index in [1.807, 2.05) is 0 Å². The molecule has 1 aromatic carbocycles. The molecule has 98 valence electrons. The van der Waals surface area contributed by atoms with E-state index in [4.69, 9.17) is 23.2 Å². The van der Waals surface area contributed by atoms with E-state index in [0.29, 0.717) is 0 Å². The first-order valence-corrected chi connectivity index (χ1v) is 5.92. The van der Waals surface area contributed by atoms with Crippen molar-refractivity contribution in [3.63, 3.8) is 0 Å². The lowest BCUT2D eigenvalue weighted by atomic mass is 10.1. The van der Waals surface area contributed by atoms with E-state index in [2.05, 4.69) is 0 Å². The van der Waals surface area contributed by atoms with Gasteiger partial charge in [-0.15, -0.1) is 11.6 Å². The summed E-state index contributed by atoms with van der Waals surface area (Å²) in [6.07, 6.45) is -4.58. The van der Waals surface area contributed by atoms with Gasteiger partial charge in [-0.25, -0.2) is 0 Å². The van der Waals surface area contributed by atoms with Gasteiger partial charge in [0.05, 0.1) is 21.7 Å². The molecule has 1 fully saturated rings. The van der Waals surface area contributed by atoms with Gasteiger partial charge in [-0.1, -0.05) is 17.7 Å². The number of nitrogens with zero attached hydrogens (tertiary/aromatic N) is 1. The second-order valence-electron chi connectivity index (χ2n) is 3.94. The number of halogens is 5. The predicted molar refractivity (Wildman–Crippen MR) is 63.1 cm³/mol. The number of amides is 1. The summed E-state index contributed by atoms with van der Waals surface area (Å²) < 4.78 is 38.8. The molecule has 0 bridgehead atoms. The molecule has 7 heteroatoms. The second-order valence-corrected chi connectivity index (χ2v) is 4.96. The summed E-state index contributed by atoms with van der Waals surface area (Å²) in [5.74, 6) is -0.428. The molecule has 1 aliphatic heterocycles. The first kappa shape index (κ1) is 13.5. The molecule has 0 radical (unpaired) electrons. The van der Waals surface area contributed by atoms with Crippen LogP contribution in [0.4, 0.5) is 18.9 Å². The molecule has 1 aromatic rings. The minimum absolute atomic E-state index is 0.0331. The van der Waals surface area contributed by atoms with Crippen molar-refractivity contribution in [2.45, 2.75) is 18.0 Å². The zero-order valence-corrected chi connectivity index (χ0v) is 10.5. The van der Waals surface area contributed by atoms with Crippen molar-refractivity contribution in [1.82, 2.24) is 0 Å². The molecule has 0 spiro atoms. The van der Waals surface area contributed by atoms with E-state index in [1.165, 1.54) is 12.1 Å². The van der Waals surface area contributed by atoms with Crippen LogP contribution in [0.1, 0.15) is 12.0 Å². The standard InChI is InChI=1S/C11H8Cl2F3NO/c12-6-4-9(18)17(5-6)8-3-1-2-7(13)10(8)11(14,15)16/h1-3,6H,4-5H2. The van der Waals surface area contributed by atoms with Crippen LogP contribution in [-0.2, 0) is 11.0 Å². The maximum atomic E-state index is 12.9. The Morgan fingerprint density at radius 3 is 2.50 bits per heavy atom. The predicted octanol–water partition coefficient (Wildman–Crippen LogP) is 3.70. The summed E-state index contributed by atoms with van der Waals surface area (Å²) >= 11 is 11.4. The largest absolute Gasteiger partial charge is 0.419 e. The van der Waals surface area contributed by atoms with Gasteiger partial charge in [-0.3, -0.25) is 4.79 Å². The Balaban J connectivity index is 2.52. The maximum absolute atomic E-state index is 12.9. The van der Waals surface area contributed by atoms with E-state index in [0.717, 1.165) is 11.0 Å². The van der Waals surface area contributed by atoms with E-state index in [9.17, 15) is 18.0 Å². The Bertz CT molecular complexity index is 490. The van der Waals surface area contributed by atoms with E-state index in [1.54, 1.807) is 0 Å². The summed E-state index contributed by atoms with van der Waals surface area (Å²) in [6.45, 7) is 0.0593. The second kappa shape index (κ2) is 4.63. The number of hydrogen-bond acceptors (Lipinski definition) is 1. The third kappa shape index (κ3) is 2.42. The number of carbonyl (C=O) groups excluding carboxylic acids is 1. The molecular weight excluding hydrogens is 290 g/mol. The summed E-state index contributed by atoms with van der Waals surface area (Å²) in [6, 6.07) is 3.75. The zero-order chi connectivity index (χ0) is 13.5. The van der Waals surface area contributed by atoms with Crippen LogP contribution in [-0.4, -0.2) is 17.8 Å². The van der Waals surface area contributed by atoms with Crippen LogP contribution in [0.25, 0.3) is 0 Å². The van der Waals surface area contributed by atoms with Crippen LogP contribution < -0.4 is 4.90 Å². The maximum Gasteiger partial charge on any atom is 0.419 e. The molecule has 0 aliphatic carbocycles. The van der Waals surface area contributed by atoms with Crippen molar-refractivity contribution in [2.75, 3.05) is 11.4 Å². The molecule has 2 rings (SSSR count). The third-order valence-electron chi connectivity index (χ3n) is 2.64. The van der Waals surface area contributed by atoms with E-state index in [-0.39, 0.29) is 18.7 Å². The molecule has 1 heterocycles. The Morgan fingerprint density at radius 1 is 1.33 bits per heavy atom. The molecule has 0 N–H and O–H groups in total. The summed E-state index contributed by atoms with van der Waals surface area (Å²) in [5.41, 5.74) is -1.23. The topological polar surface area (TPSA) is 20.3 Å². The van der Waals surface area contributed by atoms with E-state index < -0.39 is 28.0 Å². The fourth-order valence-electron chi connectivity index (χ4n) is 1.92. The number of hydrogen-bond donors (Lipinski definition) is 0. The molecule has 2 nitrogen and oxygen atoms in total. The summed E-state index contributed by atoms with van der Waals surface area (Å²) in [5, 5.41) is -0.900. The SMILES string of the molecule is O=C1CC(Cl)CN1c1cccc(Cl)c1C(F)(F)F. The lowest BCUT2D eigenvalue weighted by Crippen LogP contribution is -2.27. The first-order valence-electron chi connectivity index (χ1n) is 5.11. The van der Waals surface area contributed by atoms with Gasteiger partial charge in [-0.05, 0) is 12.1 Å². The Hall–Kier alpha value is -0.940. The summed E-state index contributed by atoms with van der Waals surface area (Å²) in [4.78, 5) is 12.6. The zero-order valence-electron chi connectivity index (χ0n) is 8.97. The molecule has 1 saturated heterocycles. The molecule has 18 heavy (non-hydrogen) atoms.